The molecule has 2 atom stereocenters. The van der Waals surface area contributed by atoms with Gasteiger partial charge in [-0.3, -0.25) is 14.3 Å². The van der Waals surface area contributed by atoms with E-state index in [2.05, 4.69) is 10.4 Å². The summed E-state index contributed by atoms with van der Waals surface area (Å²) in [6.07, 6.45) is 1.74. The van der Waals surface area contributed by atoms with Crippen LogP contribution in [-0.4, -0.2) is 27.6 Å². The van der Waals surface area contributed by atoms with Gasteiger partial charge < -0.3 is 11.1 Å². The maximum atomic E-state index is 12.3. The van der Waals surface area contributed by atoms with Gasteiger partial charge in [0.1, 0.15) is 11.7 Å². The largest absolute Gasteiger partial charge is 0.368 e. The van der Waals surface area contributed by atoms with Crippen LogP contribution in [0.25, 0.3) is 0 Å². The Hall–Kier alpha value is -2.63. The van der Waals surface area contributed by atoms with Gasteiger partial charge in [-0.05, 0) is 25.5 Å². The number of carbonyl (C=O) groups excluding carboxylic acids is 2. The number of aromatic nitrogens is 2. The predicted octanol–water partition coefficient (Wildman–Crippen LogP) is 1.85. The van der Waals surface area contributed by atoms with Gasteiger partial charge in [-0.1, -0.05) is 37.3 Å². The Labute approximate surface area is 135 Å². The fourth-order valence-electron chi connectivity index (χ4n) is 2.35. The molecular formula is C17H22N4O2. The van der Waals surface area contributed by atoms with Crippen molar-refractivity contribution >= 4 is 11.8 Å². The molecule has 1 aromatic heterocycles. The highest BCUT2D eigenvalue weighted by Crippen LogP contribution is 2.19. The van der Waals surface area contributed by atoms with Crippen LogP contribution in [0.15, 0.2) is 42.6 Å². The number of carbonyl (C=O) groups is 2. The molecule has 2 rings (SSSR count). The highest BCUT2D eigenvalue weighted by atomic mass is 16.2. The third-order valence-corrected chi connectivity index (χ3v) is 3.79. The molecule has 0 saturated heterocycles. The molecule has 2 aromatic rings. The van der Waals surface area contributed by atoms with Crippen molar-refractivity contribution in [2.45, 2.75) is 38.8 Å². The first kappa shape index (κ1) is 16.7. The van der Waals surface area contributed by atoms with Crippen LogP contribution in [0.3, 0.4) is 0 Å². The second kappa shape index (κ2) is 7.09. The summed E-state index contributed by atoms with van der Waals surface area (Å²) in [7, 11) is 0. The monoisotopic (exact) mass is 314 g/mol. The van der Waals surface area contributed by atoms with E-state index >= 15 is 0 Å². The van der Waals surface area contributed by atoms with Gasteiger partial charge in [0.15, 0.2) is 0 Å². The van der Waals surface area contributed by atoms with Crippen LogP contribution >= 0.6 is 0 Å². The standard InChI is InChI=1S/C17H22N4O2/c1-11(2)21-10-9-14(20-21)17(23)19-15(16(18)22)12(3)13-7-5-4-6-8-13/h4-12,15H,1-3H3,(H2,18,22)(H,19,23)/t12-,15-/m1/s1. The fraction of sp³-hybridized carbons (Fsp3) is 0.353. The van der Waals surface area contributed by atoms with Crippen molar-refractivity contribution in [3.8, 4) is 0 Å². The zero-order valence-electron chi connectivity index (χ0n) is 13.6. The third-order valence-electron chi connectivity index (χ3n) is 3.79. The summed E-state index contributed by atoms with van der Waals surface area (Å²) in [6.45, 7) is 5.80. The van der Waals surface area contributed by atoms with Crippen molar-refractivity contribution in [3.63, 3.8) is 0 Å². The summed E-state index contributed by atoms with van der Waals surface area (Å²) in [5, 5.41) is 6.90. The van der Waals surface area contributed by atoms with Crippen LogP contribution in [0.2, 0.25) is 0 Å². The first-order chi connectivity index (χ1) is 10.9. The summed E-state index contributed by atoms with van der Waals surface area (Å²) in [6, 6.07) is 10.5. The van der Waals surface area contributed by atoms with Crippen LogP contribution in [0.4, 0.5) is 0 Å². The maximum absolute atomic E-state index is 12.3. The molecular weight excluding hydrogens is 292 g/mol. The van der Waals surface area contributed by atoms with Gasteiger partial charge in [-0.15, -0.1) is 0 Å². The zero-order chi connectivity index (χ0) is 17.0. The average molecular weight is 314 g/mol. The summed E-state index contributed by atoms with van der Waals surface area (Å²) >= 11 is 0. The smallest absolute Gasteiger partial charge is 0.272 e. The number of nitrogens with zero attached hydrogens (tertiary/aromatic N) is 2. The second-order valence-corrected chi connectivity index (χ2v) is 5.83. The molecule has 0 aliphatic carbocycles. The summed E-state index contributed by atoms with van der Waals surface area (Å²) < 4.78 is 1.69. The van der Waals surface area contributed by atoms with E-state index in [1.54, 1.807) is 16.9 Å². The van der Waals surface area contributed by atoms with Crippen LogP contribution in [-0.2, 0) is 4.79 Å². The first-order valence-corrected chi connectivity index (χ1v) is 7.60. The molecule has 3 N–H and O–H groups in total. The highest BCUT2D eigenvalue weighted by molar-refractivity contribution is 5.96. The topological polar surface area (TPSA) is 90.0 Å². The summed E-state index contributed by atoms with van der Waals surface area (Å²) in [5.41, 5.74) is 6.68. The van der Waals surface area contributed by atoms with Gasteiger partial charge in [0.2, 0.25) is 5.91 Å². The molecule has 0 bridgehead atoms. The number of hydrogen-bond donors (Lipinski definition) is 2. The van der Waals surface area contributed by atoms with E-state index in [4.69, 9.17) is 5.73 Å². The van der Waals surface area contributed by atoms with Crippen molar-refractivity contribution in [2.75, 3.05) is 0 Å². The number of benzene rings is 1. The molecule has 0 unspecified atom stereocenters. The number of nitrogens with one attached hydrogen (secondary N) is 1. The van der Waals surface area contributed by atoms with Crippen LogP contribution < -0.4 is 11.1 Å². The van der Waals surface area contributed by atoms with Crippen LogP contribution in [0, 0.1) is 0 Å². The van der Waals surface area contributed by atoms with E-state index in [0.717, 1.165) is 5.56 Å². The van der Waals surface area contributed by atoms with Crippen molar-refractivity contribution < 1.29 is 9.59 Å². The molecule has 6 heteroatoms. The number of hydrogen-bond acceptors (Lipinski definition) is 3. The predicted molar refractivity (Wildman–Crippen MR) is 87.9 cm³/mol. The lowest BCUT2D eigenvalue weighted by Gasteiger charge is -2.22. The van der Waals surface area contributed by atoms with Gasteiger partial charge in [0.25, 0.3) is 5.91 Å². The van der Waals surface area contributed by atoms with E-state index in [0.29, 0.717) is 0 Å². The molecule has 23 heavy (non-hydrogen) atoms. The Morgan fingerprint density at radius 1 is 1.13 bits per heavy atom. The van der Waals surface area contributed by atoms with Gasteiger partial charge in [0.05, 0.1) is 0 Å². The number of nitrogens with two attached hydrogens (primary N) is 1. The van der Waals surface area contributed by atoms with Gasteiger partial charge in [0, 0.05) is 18.2 Å². The van der Waals surface area contributed by atoms with Gasteiger partial charge in [-0.25, -0.2) is 0 Å². The Morgan fingerprint density at radius 3 is 2.30 bits per heavy atom. The van der Waals surface area contributed by atoms with E-state index in [1.807, 2.05) is 51.1 Å². The number of amides is 2. The van der Waals surface area contributed by atoms with Crippen molar-refractivity contribution in [1.82, 2.24) is 15.1 Å². The van der Waals surface area contributed by atoms with Gasteiger partial charge in [-0.2, -0.15) is 5.10 Å². The summed E-state index contributed by atoms with van der Waals surface area (Å²) in [4.78, 5) is 24.1. The van der Waals surface area contributed by atoms with Crippen LogP contribution in [0.1, 0.15) is 48.8 Å². The molecule has 0 radical (unpaired) electrons. The van der Waals surface area contributed by atoms with E-state index in [-0.39, 0.29) is 17.7 Å². The molecule has 2 amide bonds. The molecule has 1 heterocycles. The SMILES string of the molecule is CC(C)n1ccc(C(=O)N[C@@H](C(N)=O)[C@H](C)c2ccccc2)n1. The quantitative estimate of drug-likeness (QED) is 0.852. The second-order valence-electron chi connectivity index (χ2n) is 5.83. The molecule has 122 valence electrons. The third kappa shape index (κ3) is 3.97. The molecule has 0 aliphatic rings. The Bertz CT molecular complexity index is 679. The maximum Gasteiger partial charge on any atom is 0.272 e. The molecule has 0 fully saturated rings. The highest BCUT2D eigenvalue weighted by Gasteiger charge is 2.27. The average Bonchev–Trinajstić information content (AvgIpc) is 3.02. The minimum Gasteiger partial charge on any atom is -0.368 e. The van der Waals surface area contributed by atoms with Gasteiger partial charge >= 0.3 is 0 Å². The number of rotatable bonds is 6. The molecule has 0 aliphatic heterocycles. The lowest BCUT2D eigenvalue weighted by atomic mass is 9.92. The van der Waals surface area contributed by atoms with Crippen LogP contribution in [0.5, 0.6) is 0 Å². The van der Waals surface area contributed by atoms with E-state index in [1.165, 1.54) is 0 Å². The lowest BCUT2D eigenvalue weighted by Crippen LogP contribution is -2.47. The fourth-order valence-corrected chi connectivity index (χ4v) is 2.35. The number of primary amides is 1. The normalized spacial score (nSPS) is 13.6. The molecule has 1 aromatic carbocycles. The zero-order valence-corrected chi connectivity index (χ0v) is 13.6. The Morgan fingerprint density at radius 2 is 1.78 bits per heavy atom. The minimum absolute atomic E-state index is 0.159. The Kier molecular flexibility index (Phi) is 5.16. The molecule has 0 saturated carbocycles. The van der Waals surface area contributed by atoms with Crippen molar-refractivity contribution in [3.05, 3.63) is 53.9 Å². The molecule has 0 spiro atoms. The van der Waals surface area contributed by atoms with E-state index in [9.17, 15) is 9.59 Å². The summed E-state index contributed by atoms with van der Waals surface area (Å²) in [5.74, 6) is -1.21. The minimum atomic E-state index is -0.797. The first-order valence-electron chi connectivity index (χ1n) is 7.60. The lowest BCUT2D eigenvalue weighted by molar-refractivity contribution is -0.120. The van der Waals surface area contributed by atoms with Crippen molar-refractivity contribution in [2.24, 2.45) is 5.73 Å². The Balaban J connectivity index is 2.15. The van der Waals surface area contributed by atoms with E-state index < -0.39 is 17.9 Å². The van der Waals surface area contributed by atoms with Crippen molar-refractivity contribution in [1.29, 1.82) is 0 Å². The molecule has 6 nitrogen and oxygen atoms in total.